The summed E-state index contributed by atoms with van der Waals surface area (Å²) in [6.07, 6.45) is 2.83. The summed E-state index contributed by atoms with van der Waals surface area (Å²) in [5.74, 6) is 0.609. The van der Waals surface area contributed by atoms with Crippen molar-refractivity contribution in [1.29, 1.82) is 0 Å². The van der Waals surface area contributed by atoms with Crippen molar-refractivity contribution in [3.8, 4) is 0 Å². The van der Waals surface area contributed by atoms with Gasteiger partial charge in [-0.1, -0.05) is 0 Å². The van der Waals surface area contributed by atoms with Crippen LogP contribution < -0.4 is 11.2 Å². The van der Waals surface area contributed by atoms with Crippen molar-refractivity contribution in [3.63, 3.8) is 0 Å². The van der Waals surface area contributed by atoms with Gasteiger partial charge in [0, 0.05) is 26.6 Å². The first-order valence-corrected chi connectivity index (χ1v) is 4.32. The van der Waals surface area contributed by atoms with Gasteiger partial charge in [0.15, 0.2) is 0 Å². The predicted octanol–water partition coefficient (Wildman–Crippen LogP) is -0.293. The van der Waals surface area contributed by atoms with Gasteiger partial charge < -0.3 is 5.73 Å². The van der Waals surface area contributed by atoms with E-state index in [2.05, 4.69) is 5.43 Å². The number of amides is 1. The number of nitrogens with two attached hydrogens (primary N) is 1. The molecule has 0 heterocycles. The van der Waals surface area contributed by atoms with Crippen LogP contribution in [0.25, 0.3) is 0 Å². The van der Waals surface area contributed by atoms with Crippen molar-refractivity contribution in [1.82, 2.24) is 10.4 Å². The van der Waals surface area contributed by atoms with Gasteiger partial charge in [0.2, 0.25) is 5.91 Å². The molecule has 12 heavy (non-hydrogen) atoms. The summed E-state index contributed by atoms with van der Waals surface area (Å²) < 4.78 is 0. The molecule has 1 saturated carbocycles. The predicted molar refractivity (Wildman–Crippen MR) is 47.1 cm³/mol. The Kier molecular flexibility index (Phi) is 3.05. The van der Waals surface area contributed by atoms with Crippen LogP contribution >= 0.6 is 0 Å². The first-order chi connectivity index (χ1) is 5.59. The first kappa shape index (κ1) is 9.48. The number of nitrogens with zero attached hydrogens (tertiary/aromatic N) is 1. The lowest BCUT2D eigenvalue weighted by molar-refractivity contribution is -0.125. The minimum absolute atomic E-state index is 0.0133. The van der Waals surface area contributed by atoms with Gasteiger partial charge in [0.25, 0.3) is 0 Å². The number of hydrogen-bond donors (Lipinski definition) is 2. The van der Waals surface area contributed by atoms with Gasteiger partial charge in [0.05, 0.1) is 0 Å². The van der Waals surface area contributed by atoms with Gasteiger partial charge in [-0.2, -0.15) is 0 Å². The van der Waals surface area contributed by atoms with Crippen LogP contribution in [0.4, 0.5) is 0 Å². The lowest BCUT2D eigenvalue weighted by atomic mass is 10.1. The zero-order valence-corrected chi connectivity index (χ0v) is 7.71. The molecule has 0 aromatic carbocycles. The van der Waals surface area contributed by atoms with Crippen LogP contribution in [0.15, 0.2) is 0 Å². The molecule has 0 radical (unpaired) electrons. The van der Waals surface area contributed by atoms with Crippen LogP contribution in [0.5, 0.6) is 0 Å². The van der Waals surface area contributed by atoms with Gasteiger partial charge in [-0.15, -0.1) is 0 Å². The highest BCUT2D eigenvalue weighted by molar-refractivity contribution is 5.76. The molecule has 1 amide bonds. The Bertz CT molecular complexity index is 166. The summed E-state index contributed by atoms with van der Waals surface area (Å²) in [6.45, 7) is 0. The van der Waals surface area contributed by atoms with E-state index < -0.39 is 0 Å². The molecule has 3 N–H and O–H groups in total. The van der Waals surface area contributed by atoms with E-state index in [-0.39, 0.29) is 11.9 Å². The fraction of sp³-hybridized carbons (Fsp3) is 0.875. The highest BCUT2D eigenvalue weighted by Gasteiger charge is 2.29. The van der Waals surface area contributed by atoms with Gasteiger partial charge in [-0.25, -0.2) is 5.01 Å². The molecule has 0 aromatic heterocycles. The summed E-state index contributed by atoms with van der Waals surface area (Å²) in [5, 5.41) is 1.64. The molecule has 1 aliphatic rings. The van der Waals surface area contributed by atoms with Crippen molar-refractivity contribution in [3.05, 3.63) is 0 Å². The maximum atomic E-state index is 11.2. The molecule has 0 saturated heterocycles. The monoisotopic (exact) mass is 171 g/mol. The third-order valence-corrected chi connectivity index (χ3v) is 2.00. The lowest BCUT2D eigenvalue weighted by Gasteiger charge is -2.14. The second kappa shape index (κ2) is 3.87. The van der Waals surface area contributed by atoms with E-state index in [1.165, 1.54) is 12.8 Å². The summed E-state index contributed by atoms with van der Waals surface area (Å²) >= 11 is 0. The number of carbonyl (C=O) groups excluding carboxylic acids is 1. The van der Waals surface area contributed by atoms with Crippen LogP contribution in [-0.4, -0.2) is 31.1 Å². The Morgan fingerprint density at radius 3 is 2.67 bits per heavy atom. The number of nitrogens with one attached hydrogen (secondary N) is 1. The van der Waals surface area contributed by atoms with E-state index in [0.717, 1.165) is 0 Å². The molecule has 0 aromatic rings. The maximum Gasteiger partial charge on any atom is 0.235 e. The largest absolute Gasteiger partial charge is 0.327 e. The summed E-state index contributed by atoms with van der Waals surface area (Å²) in [5.41, 5.74) is 8.45. The lowest BCUT2D eigenvalue weighted by Crippen LogP contribution is -2.40. The normalized spacial score (nSPS) is 19.3. The van der Waals surface area contributed by atoms with Crippen LogP contribution in [0, 0.1) is 5.92 Å². The molecule has 1 aliphatic carbocycles. The fourth-order valence-electron chi connectivity index (χ4n) is 1.20. The first-order valence-electron chi connectivity index (χ1n) is 4.32. The van der Waals surface area contributed by atoms with Gasteiger partial charge in [0.1, 0.15) is 0 Å². The number of hydrazine groups is 1. The van der Waals surface area contributed by atoms with Crippen molar-refractivity contribution in [2.75, 3.05) is 14.1 Å². The molecular weight excluding hydrogens is 154 g/mol. The molecule has 1 fully saturated rings. The Morgan fingerprint density at radius 1 is 1.67 bits per heavy atom. The van der Waals surface area contributed by atoms with Crippen molar-refractivity contribution in [2.24, 2.45) is 11.7 Å². The van der Waals surface area contributed by atoms with E-state index in [1.54, 1.807) is 19.1 Å². The molecule has 4 heteroatoms. The second-order valence-corrected chi connectivity index (χ2v) is 3.63. The molecule has 4 nitrogen and oxygen atoms in total. The van der Waals surface area contributed by atoms with Crippen molar-refractivity contribution >= 4 is 5.91 Å². The Labute approximate surface area is 73.1 Å². The SMILES string of the molecule is CN(C)NC(=O)CC(N)C1CC1. The highest BCUT2D eigenvalue weighted by Crippen LogP contribution is 2.32. The Hall–Kier alpha value is -0.610. The van der Waals surface area contributed by atoms with Crippen molar-refractivity contribution in [2.45, 2.75) is 25.3 Å². The Balaban J connectivity index is 2.15. The second-order valence-electron chi connectivity index (χ2n) is 3.63. The van der Waals surface area contributed by atoms with Crippen LogP contribution in [0.1, 0.15) is 19.3 Å². The third-order valence-electron chi connectivity index (χ3n) is 2.00. The minimum Gasteiger partial charge on any atom is -0.327 e. The Morgan fingerprint density at radius 2 is 2.25 bits per heavy atom. The number of hydrogen-bond acceptors (Lipinski definition) is 3. The number of carbonyl (C=O) groups is 1. The van der Waals surface area contributed by atoms with Crippen LogP contribution in [-0.2, 0) is 4.79 Å². The average molecular weight is 171 g/mol. The zero-order chi connectivity index (χ0) is 9.14. The highest BCUT2D eigenvalue weighted by atomic mass is 16.2. The average Bonchev–Trinajstić information content (AvgIpc) is 2.63. The van der Waals surface area contributed by atoms with Crippen molar-refractivity contribution < 1.29 is 4.79 Å². The molecule has 70 valence electrons. The molecule has 0 bridgehead atoms. The summed E-state index contributed by atoms with van der Waals surface area (Å²) in [7, 11) is 3.58. The molecule has 1 rings (SSSR count). The fourth-order valence-corrected chi connectivity index (χ4v) is 1.20. The number of rotatable bonds is 4. The smallest absolute Gasteiger partial charge is 0.235 e. The third kappa shape index (κ3) is 3.19. The maximum absolute atomic E-state index is 11.2. The quantitative estimate of drug-likeness (QED) is 0.571. The molecular formula is C8H17N3O. The molecule has 1 atom stereocenters. The van der Waals surface area contributed by atoms with Gasteiger partial charge >= 0.3 is 0 Å². The van der Waals surface area contributed by atoms with Crippen LogP contribution in [0.2, 0.25) is 0 Å². The van der Waals surface area contributed by atoms with E-state index in [0.29, 0.717) is 12.3 Å². The standard InChI is InChI=1S/C8H17N3O/c1-11(2)10-8(12)5-7(9)6-3-4-6/h6-7H,3-5,9H2,1-2H3,(H,10,12). The zero-order valence-electron chi connectivity index (χ0n) is 7.71. The molecule has 0 aliphatic heterocycles. The van der Waals surface area contributed by atoms with E-state index >= 15 is 0 Å². The van der Waals surface area contributed by atoms with E-state index in [1.807, 2.05) is 0 Å². The van der Waals surface area contributed by atoms with E-state index in [9.17, 15) is 4.79 Å². The minimum atomic E-state index is 0.0133. The topological polar surface area (TPSA) is 58.4 Å². The summed E-state index contributed by atoms with van der Waals surface area (Å²) in [4.78, 5) is 11.2. The van der Waals surface area contributed by atoms with E-state index in [4.69, 9.17) is 5.73 Å². The summed E-state index contributed by atoms with van der Waals surface area (Å²) in [6, 6.07) is 0.0601. The molecule has 0 spiro atoms. The van der Waals surface area contributed by atoms with Gasteiger partial charge in [-0.05, 0) is 18.8 Å². The van der Waals surface area contributed by atoms with Crippen LogP contribution in [0.3, 0.4) is 0 Å². The molecule has 1 unspecified atom stereocenters. The van der Waals surface area contributed by atoms with Gasteiger partial charge in [-0.3, -0.25) is 10.2 Å².